The molecule has 0 bridgehead atoms. The Hall–Kier alpha value is -2.21. The molecule has 0 radical (unpaired) electrons. The SMILES string of the molecule is Cc1csc2c(C3CCN(C(=O)c4cccnc4)CC3)nc(C)n12. The van der Waals surface area contributed by atoms with Crippen LogP contribution in [0.5, 0.6) is 0 Å². The van der Waals surface area contributed by atoms with Gasteiger partial charge in [0.25, 0.3) is 5.91 Å². The van der Waals surface area contributed by atoms with Crippen LogP contribution in [0.4, 0.5) is 0 Å². The van der Waals surface area contributed by atoms with Gasteiger partial charge in [-0.25, -0.2) is 4.98 Å². The van der Waals surface area contributed by atoms with Crippen LogP contribution >= 0.6 is 11.3 Å². The van der Waals surface area contributed by atoms with Crippen LogP contribution < -0.4 is 0 Å². The van der Waals surface area contributed by atoms with E-state index in [1.54, 1.807) is 23.7 Å². The van der Waals surface area contributed by atoms with E-state index < -0.39 is 0 Å². The van der Waals surface area contributed by atoms with Crippen molar-refractivity contribution < 1.29 is 4.79 Å². The fourth-order valence-electron chi connectivity index (χ4n) is 3.55. The van der Waals surface area contributed by atoms with Crippen molar-refractivity contribution in [2.24, 2.45) is 0 Å². The van der Waals surface area contributed by atoms with Crippen molar-refractivity contribution in [3.05, 3.63) is 52.7 Å². The summed E-state index contributed by atoms with van der Waals surface area (Å²) in [4.78, 5) is 24.6. The Labute approximate surface area is 145 Å². The fraction of sp³-hybridized carbons (Fsp3) is 0.389. The maximum atomic E-state index is 12.5. The second-order valence-electron chi connectivity index (χ2n) is 6.37. The third kappa shape index (κ3) is 2.51. The predicted octanol–water partition coefficient (Wildman–Crippen LogP) is 3.43. The van der Waals surface area contributed by atoms with Gasteiger partial charge >= 0.3 is 0 Å². The Balaban J connectivity index is 1.51. The van der Waals surface area contributed by atoms with Gasteiger partial charge in [0.05, 0.1) is 11.3 Å². The third-order valence-corrected chi connectivity index (χ3v) is 5.87. The Morgan fingerprint density at radius 1 is 1.29 bits per heavy atom. The van der Waals surface area contributed by atoms with Crippen LogP contribution in [-0.2, 0) is 0 Å². The number of likely N-dealkylation sites (tertiary alicyclic amines) is 1. The van der Waals surface area contributed by atoms with Crippen LogP contribution in [0.2, 0.25) is 0 Å². The number of thiazole rings is 1. The lowest BCUT2D eigenvalue weighted by molar-refractivity contribution is 0.0712. The molecule has 0 unspecified atom stereocenters. The number of aromatic nitrogens is 3. The van der Waals surface area contributed by atoms with Crippen molar-refractivity contribution in [3.8, 4) is 0 Å². The standard InChI is InChI=1S/C18H20N4OS/c1-12-11-24-18-16(20-13(2)22(12)18)14-5-8-21(9-6-14)17(23)15-4-3-7-19-10-15/h3-4,7,10-11,14H,5-6,8-9H2,1-2H3. The Morgan fingerprint density at radius 2 is 2.08 bits per heavy atom. The number of carbonyl (C=O) groups excluding carboxylic acids is 1. The van der Waals surface area contributed by atoms with E-state index in [0.29, 0.717) is 11.5 Å². The molecule has 4 rings (SSSR count). The average molecular weight is 340 g/mol. The molecule has 0 saturated carbocycles. The highest BCUT2D eigenvalue weighted by molar-refractivity contribution is 7.15. The lowest BCUT2D eigenvalue weighted by Gasteiger charge is -2.31. The van der Waals surface area contributed by atoms with Crippen molar-refractivity contribution >= 4 is 22.1 Å². The van der Waals surface area contributed by atoms with Gasteiger partial charge in [0, 0.05) is 42.5 Å². The monoisotopic (exact) mass is 340 g/mol. The van der Waals surface area contributed by atoms with E-state index >= 15 is 0 Å². The quantitative estimate of drug-likeness (QED) is 0.718. The molecular formula is C18H20N4OS. The van der Waals surface area contributed by atoms with E-state index in [0.717, 1.165) is 31.8 Å². The van der Waals surface area contributed by atoms with Crippen LogP contribution in [0.1, 0.15) is 46.3 Å². The summed E-state index contributed by atoms with van der Waals surface area (Å²) in [6.07, 6.45) is 5.27. The summed E-state index contributed by atoms with van der Waals surface area (Å²) >= 11 is 1.77. The zero-order valence-electron chi connectivity index (χ0n) is 13.9. The molecule has 0 aromatic carbocycles. The number of fused-ring (bicyclic) bond motifs is 1. The van der Waals surface area contributed by atoms with Gasteiger partial charge in [-0.3, -0.25) is 14.2 Å². The average Bonchev–Trinajstić information content (AvgIpc) is 3.16. The smallest absolute Gasteiger partial charge is 0.255 e. The van der Waals surface area contributed by atoms with E-state index in [2.05, 4.69) is 28.6 Å². The zero-order valence-corrected chi connectivity index (χ0v) is 14.7. The molecule has 0 aliphatic carbocycles. The Kier molecular flexibility index (Phi) is 3.84. The lowest BCUT2D eigenvalue weighted by Crippen LogP contribution is -2.38. The van der Waals surface area contributed by atoms with Gasteiger partial charge in [-0.2, -0.15) is 0 Å². The molecular weight excluding hydrogens is 320 g/mol. The number of carbonyl (C=O) groups is 1. The summed E-state index contributed by atoms with van der Waals surface area (Å²) in [6.45, 7) is 5.75. The molecule has 5 nitrogen and oxygen atoms in total. The number of aryl methyl sites for hydroxylation is 2. The highest BCUT2D eigenvalue weighted by Crippen LogP contribution is 2.34. The number of rotatable bonds is 2. The largest absolute Gasteiger partial charge is 0.339 e. The van der Waals surface area contributed by atoms with Gasteiger partial charge in [-0.15, -0.1) is 11.3 Å². The van der Waals surface area contributed by atoms with Gasteiger partial charge in [-0.1, -0.05) is 0 Å². The molecule has 0 atom stereocenters. The minimum Gasteiger partial charge on any atom is -0.339 e. The number of nitrogens with zero attached hydrogens (tertiary/aromatic N) is 4. The second-order valence-corrected chi connectivity index (χ2v) is 7.23. The minimum absolute atomic E-state index is 0.0830. The molecule has 1 fully saturated rings. The van der Waals surface area contributed by atoms with Gasteiger partial charge in [0.2, 0.25) is 0 Å². The first-order chi connectivity index (χ1) is 11.6. The summed E-state index contributed by atoms with van der Waals surface area (Å²) in [5.74, 6) is 1.58. The lowest BCUT2D eigenvalue weighted by atomic mass is 9.93. The van der Waals surface area contributed by atoms with E-state index in [1.165, 1.54) is 16.2 Å². The van der Waals surface area contributed by atoms with Crippen LogP contribution in [0.25, 0.3) is 4.83 Å². The summed E-state index contributed by atoms with van der Waals surface area (Å²) in [7, 11) is 0. The van der Waals surface area contributed by atoms with Gasteiger partial charge in [-0.05, 0) is 38.8 Å². The van der Waals surface area contributed by atoms with E-state index in [1.807, 2.05) is 17.0 Å². The molecule has 1 aliphatic rings. The van der Waals surface area contributed by atoms with Crippen molar-refractivity contribution in [2.45, 2.75) is 32.6 Å². The van der Waals surface area contributed by atoms with Gasteiger partial charge in [0.1, 0.15) is 10.7 Å². The number of imidazole rings is 1. The first-order valence-corrected chi connectivity index (χ1v) is 9.15. The number of hydrogen-bond donors (Lipinski definition) is 0. The summed E-state index contributed by atoms with van der Waals surface area (Å²) in [6, 6.07) is 3.64. The number of piperidine rings is 1. The van der Waals surface area contributed by atoms with Crippen molar-refractivity contribution in [3.63, 3.8) is 0 Å². The summed E-state index contributed by atoms with van der Waals surface area (Å²) < 4.78 is 2.24. The molecule has 1 saturated heterocycles. The minimum atomic E-state index is 0.0830. The number of pyridine rings is 1. The van der Waals surface area contributed by atoms with Crippen LogP contribution in [0.3, 0.4) is 0 Å². The maximum Gasteiger partial charge on any atom is 0.255 e. The van der Waals surface area contributed by atoms with Crippen molar-refractivity contribution in [1.29, 1.82) is 0 Å². The highest BCUT2D eigenvalue weighted by Gasteiger charge is 2.28. The maximum absolute atomic E-state index is 12.5. The second kappa shape index (κ2) is 6.02. The van der Waals surface area contributed by atoms with E-state index in [-0.39, 0.29) is 5.91 Å². The topological polar surface area (TPSA) is 50.5 Å². The first-order valence-electron chi connectivity index (χ1n) is 8.27. The first kappa shape index (κ1) is 15.3. The molecule has 24 heavy (non-hydrogen) atoms. The summed E-state index contributed by atoms with van der Waals surface area (Å²) in [5, 5.41) is 2.19. The van der Waals surface area contributed by atoms with Gasteiger partial charge < -0.3 is 4.90 Å². The highest BCUT2D eigenvalue weighted by atomic mass is 32.1. The van der Waals surface area contributed by atoms with Crippen LogP contribution in [0.15, 0.2) is 29.9 Å². The molecule has 0 spiro atoms. The van der Waals surface area contributed by atoms with Crippen LogP contribution in [0, 0.1) is 13.8 Å². The molecule has 124 valence electrons. The van der Waals surface area contributed by atoms with Crippen molar-refractivity contribution in [1.82, 2.24) is 19.3 Å². The molecule has 4 heterocycles. The normalized spacial score (nSPS) is 16.0. The van der Waals surface area contributed by atoms with E-state index in [4.69, 9.17) is 4.98 Å². The molecule has 0 N–H and O–H groups in total. The molecule has 1 aliphatic heterocycles. The third-order valence-electron chi connectivity index (χ3n) is 4.80. The number of hydrogen-bond acceptors (Lipinski definition) is 4. The molecule has 3 aromatic heterocycles. The van der Waals surface area contributed by atoms with Crippen LogP contribution in [-0.4, -0.2) is 38.3 Å². The van der Waals surface area contributed by atoms with Crippen molar-refractivity contribution in [2.75, 3.05) is 13.1 Å². The molecule has 6 heteroatoms. The predicted molar refractivity (Wildman–Crippen MR) is 94.7 cm³/mol. The fourth-order valence-corrected chi connectivity index (χ4v) is 4.65. The molecule has 3 aromatic rings. The molecule has 1 amide bonds. The summed E-state index contributed by atoms with van der Waals surface area (Å²) in [5.41, 5.74) is 3.12. The Morgan fingerprint density at radius 3 is 2.79 bits per heavy atom. The Bertz CT molecular complexity index is 875. The number of amides is 1. The van der Waals surface area contributed by atoms with Gasteiger partial charge in [0.15, 0.2) is 0 Å². The van der Waals surface area contributed by atoms with E-state index in [9.17, 15) is 4.79 Å². The zero-order chi connectivity index (χ0) is 16.7.